The van der Waals surface area contributed by atoms with Gasteiger partial charge in [-0.05, 0) is 24.6 Å². The number of nitrogens with one attached hydrogen (secondary N) is 4. The van der Waals surface area contributed by atoms with E-state index in [1.807, 2.05) is 25.1 Å². The largest absolute Gasteiger partial charge is 0.359 e. The maximum atomic E-state index is 12.5. The van der Waals surface area contributed by atoms with Gasteiger partial charge >= 0.3 is 6.03 Å². The zero-order valence-electron chi connectivity index (χ0n) is 14.8. The summed E-state index contributed by atoms with van der Waals surface area (Å²) in [6.45, 7) is 2.91. The molecule has 4 amide bonds. The molecule has 1 fully saturated rings. The van der Waals surface area contributed by atoms with E-state index >= 15 is 0 Å². The van der Waals surface area contributed by atoms with Gasteiger partial charge in [0.2, 0.25) is 11.8 Å². The van der Waals surface area contributed by atoms with Crippen LogP contribution in [0.25, 0.3) is 11.0 Å². The number of hydrogen-bond acceptors (Lipinski definition) is 4. The molecule has 1 atom stereocenters. The predicted octanol–water partition coefficient (Wildman–Crippen LogP) is 0.0174. The number of benzene rings is 1. The highest BCUT2D eigenvalue weighted by Crippen LogP contribution is 2.14. The summed E-state index contributed by atoms with van der Waals surface area (Å²) >= 11 is 0. The van der Waals surface area contributed by atoms with Gasteiger partial charge in [0.25, 0.3) is 0 Å². The van der Waals surface area contributed by atoms with Crippen molar-refractivity contribution in [3.63, 3.8) is 0 Å². The summed E-state index contributed by atoms with van der Waals surface area (Å²) in [5, 5.41) is 7.93. The smallest absolute Gasteiger partial charge is 0.318 e. The second-order valence-corrected chi connectivity index (χ2v) is 6.24. The first-order valence-corrected chi connectivity index (χ1v) is 8.46. The molecule has 1 aliphatic rings. The molecule has 3 rings (SSSR count). The molecule has 2 heterocycles. The van der Waals surface area contributed by atoms with Gasteiger partial charge in [-0.3, -0.25) is 9.59 Å². The average molecular weight is 358 g/mol. The quantitative estimate of drug-likeness (QED) is 0.616. The Balaban J connectivity index is 1.66. The lowest BCUT2D eigenvalue weighted by molar-refractivity contribution is -0.132. The third-order valence-electron chi connectivity index (χ3n) is 4.34. The molecular weight excluding hydrogens is 336 g/mol. The Labute approximate surface area is 150 Å². The first kappa shape index (κ1) is 17.7. The van der Waals surface area contributed by atoms with E-state index < -0.39 is 12.1 Å². The number of fused-ring (bicyclic) bond motifs is 1. The van der Waals surface area contributed by atoms with Crippen LogP contribution in [0, 0.1) is 6.92 Å². The molecular formula is C17H22N6O3. The van der Waals surface area contributed by atoms with Crippen LogP contribution in [0.2, 0.25) is 0 Å². The summed E-state index contributed by atoms with van der Waals surface area (Å²) in [5.74, 6) is 0.00924. The Bertz CT molecular complexity index is 846. The predicted molar refractivity (Wildman–Crippen MR) is 95.3 cm³/mol. The number of aromatic amines is 1. The third kappa shape index (κ3) is 3.76. The Morgan fingerprint density at radius 3 is 2.96 bits per heavy atom. The van der Waals surface area contributed by atoms with E-state index in [-0.39, 0.29) is 24.8 Å². The zero-order valence-corrected chi connectivity index (χ0v) is 14.8. The Morgan fingerprint density at radius 1 is 1.38 bits per heavy atom. The molecule has 0 radical (unpaired) electrons. The summed E-state index contributed by atoms with van der Waals surface area (Å²) in [4.78, 5) is 45.2. The summed E-state index contributed by atoms with van der Waals surface area (Å²) in [7, 11) is 1.50. The van der Waals surface area contributed by atoms with Gasteiger partial charge in [-0.15, -0.1) is 0 Å². The number of aryl methyl sites for hydroxylation is 1. The van der Waals surface area contributed by atoms with E-state index in [0.29, 0.717) is 18.9 Å². The van der Waals surface area contributed by atoms with Crippen LogP contribution in [0.1, 0.15) is 17.8 Å². The van der Waals surface area contributed by atoms with Crippen LogP contribution in [0.4, 0.5) is 4.79 Å². The number of hydrogen-bond donors (Lipinski definition) is 4. The van der Waals surface area contributed by atoms with Crippen molar-refractivity contribution in [2.45, 2.75) is 25.9 Å². The molecule has 0 unspecified atom stereocenters. The minimum absolute atomic E-state index is 0.0698. The molecule has 0 bridgehead atoms. The Hall–Kier alpha value is -3.10. The molecule has 1 aliphatic heterocycles. The lowest BCUT2D eigenvalue weighted by Crippen LogP contribution is -2.60. The fourth-order valence-electron chi connectivity index (χ4n) is 2.96. The first-order chi connectivity index (χ1) is 12.5. The molecule has 1 aromatic carbocycles. The lowest BCUT2D eigenvalue weighted by Gasteiger charge is -2.34. The van der Waals surface area contributed by atoms with E-state index in [1.54, 1.807) is 0 Å². The van der Waals surface area contributed by atoms with Crippen LogP contribution in [0.3, 0.4) is 0 Å². The number of imidazole rings is 1. The van der Waals surface area contributed by atoms with Crippen molar-refractivity contribution in [1.82, 2.24) is 30.8 Å². The van der Waals surface area contributed by atoms with Gasteiger partial charge < -0.3 is 25.8 Å². The van der Waals surface area contributed by atoms with Crippen molar-refractivity contribution in [1.29, 1.82) is 0 Å². The Morgan fingerprint density at radius 2 is 2.19 bits per heavy atom. The zero-order chi connectivity index (χ0) is 18.7. The van der Waals surface area contributed by atoms with Gasteiger partial charge in [0, 0.05) is 20.1 Å². The summed E-state index contributed by atoms with van der Waals surface area (Å²) in [5.41, 5.74) is 2.85. The minimum atomic E-state index is -0.818. The summed E-state index contributed by atoms with van der Waals surface area (Å²) in [6, 6.07) is 4.66. The van der Waals surface area contributed by atoms with Crippen molar-refractivity contribution in [2.24, 2.45) is 0 Å². The van der Waals surface area contributed by atoms with Gasteiger partial charge in [0.15, 0.2) is 0 Å². The number of aromatic nitrogens is 2. The molecule has 1 aromatic heterocycles. The molecule has 26 heavy (non-hydrogen) atoms. The Kier molecular flexibility index (Phi) is 5.06. The summed E-state index contributed by atoms with van der Waals surface area (Å²) < 4.78 is 0. The van der Waals surface area contributed by atoms with Crippen LogP contribution in [-0.2, 0) is 16.1 Å². The molecule has 2 aromatic rings. The van der Waals surface area contributed by atoms with E-state index in [2.05, 4.69) is 25.9 Å². The van der Waals surface area contributed by atoms with Crippen molar-refractivity contribution in [3.8, 4) is 0 Å². The van der Waals surface area contributed by atoms with Gasteiger partial charge in [-0.25, -0.2) is 9.78 Å². The van der Waals surface area contributed by atoms with Crippen LogP contribution in [0.15, 0.2) is 18.2 Å². The lowest BCUT2D eigenvalue weighted by atomic mass is 10.1. The fraction of sp³-hybridized carbons (Fsp3) is 0.412. The monoisotopic (exact) mass is 358 g/mol. The average Bonchev–Trinajstić information content (AvgIpc) is 3.03. The second kappa shape index (κ2) is 7.42. The van der Waals surface area contributed by atoms with Crippen molar-refractivity contribution in [2.75, 3.05) is 20.1 Å². The van der Waals surface area contributed by atoms with Crippen molar-refractivity contribution >= 4 is 28.9 Å². The van der Waals surface area contributed by atoms with Gasteiger partial charge in [0.1, 0.15) is 11.9 Å². The maximum absolute atomic E-state index is 12.5. The number of carbonyl (C=O) groups excluding carboxylic acids is 3. The van der Waals surface area contributed by atoms with Crippen LogP contribution >= 0.6 is 0 Å². The highest BCUT2D eigenvalue weighted by atomic mass is 16.2. The van der Waals surface area contributed by atoms with E-state index in [0.717, 1.165) is 16.6 Å². The topological polar surface area (TPSA) is 119 Å². The number of nitrogens with zero attached hydrogens (tertiary/aromatic N) is 2. The van der Waals surface area contributed by atoms with Gasteiger partial charge in [-0.1, -0.05) is 6.07 Å². The minimum Gasteiger partial charge on any atom is -0.359 e. The molecule has 9 heteroatoms. The van der Waals surface area contributed by atoms with Gasteiger partial charge in [0.05, 0.1) is 24.0 Å². The molecule has 1 saturated heterocycles. The first-order valence-electron chi connectivity index (χ1n) is 8.46. The third-order valence-corrected chi connectivity index (χ3v) is 4.34. The van der Waals surface area contributed by atoms with Gasteiger partial charge in [-0.2, -0.15) is 0 Å². The molecule has 9 nitrogen and oxygen atoms in total. The molecule has 0 saturated carbocycles. The van der Waals surface area contributed by atoms with Crippen LogP contribution < -0.4 is 16.0 Å². The number of amides is 4. The maximum Gasteiger partial charge on any atom is 0.318 e. The summed E-state index contributed by atoms with van der Waals surface area (Å²) in [6.07, 6.45) is -0.0698. The number of carbonyl (C=O) groups is 3. The van der Waals surface area contributed by atoms with E-state index in [1.165, 1.54) is 11.9 Å². The fourth-order valence-corrected chi connectivity index (χ4v) is 2.96. The molecule has 0 aliphatic carbocycles. The number of H-pyrrole nitrogens is 1. The number of urea groups is 1. The van der Waals surface area contributed by atoms with Crippen molar-refractivity contribution in [3.05, 3.63) is 29.6 Å². The second-order valence-electron chi connectivity index (χ2n) is 6.24. The van der Waals surface area contributed by atoms with E-state index in [4.69, 9.17) is 0 Å². The normalized spacial score (nSPS) is 17.1. The van der Waals surface area contributed by atoms with Crippen LogP contribution in [0.5, 0.6) is 0 Å². The van der Waals surface area contributed by atoms with E-state index in [9.17, 15) is 14.4 Å². The molecule has 4 N–H and O–H groups in total. The van der Waals surface area contributed by atoms with Crippen LogP contribution in [-0.4, -0.2) is 58.9 Å². The SMILES string of the molecule is CNC(=O)C[C@H]1C(=O)NCCN1C(=O)NCc1nc2ccc(C)cc2[nH]1. The number of piperazine rings is 1. The van der Waals surface area contributed by atoms with Crippen molar-refractivity contribution < 1.29 is 14.4 Å². The molecule has 138 valence electrons. The standard InChI is InChI=1S/C17H22N6O3/c1-10-3-4-11-12(7-10)22-14(21-11)9-20-17(26)23-6-5-19-16(25)13(23)8-15(24)18-2/h3-4,7,13H,5-6,8-9H2,1-2H3,(H,18,24)(H,19,25)(H,20,26)(H,21,22)/t13-/m0/s1. The highest BCUT2D eigenvalue weighted by Gasteiger charge is 2.34. The highest BCUT2D eigenvalue weighted by molar-refractivity contribution is 5.92. The number of rotatable bonds is 4. The molecule has 0 spiro atoms.